The van der Waals surface area contributed by atoms with Crippen LogP contribution in [-0.2, 0) is 4.79 Å². The van der Waals surface area contributed by atoms with Crippen LogP contribution in [0.3, 0.4) is 0 Å². The highest BCUT2D eigenvalue weighted by Gasteiger charge is 2.13. The van der Waals surface area contributed by atoms with Gasteiger partial charge in [-0.15, -0.1) is 0 Å². The van der Waals surface area contributed by atoms with Crippen LogP contribution < -0.4 is 4.74 Å². The number of rotatable bonds is 5. The van der Waals surface area contributed by atoms with E-state index in [4.69, 9.17) is 5.11 Å². The second kappa shape index (κ2) is 5.71. The van der Waals surface area contributed by atoms with Crippen molar-refractivity contribution in [2.24, 2.45) is 0 Å². The Labute approximate surface area is 99.3 Å². The number of carboxylic acids is 1. The SMILES string of the molecule is O=C(O)C=Cc1cc([N+](=O)[O-])ccc1OC(F)F. The molecule has 0 amide bonds. The quantitative estimate of drug-likeness (QED) is 0.497. The van der Waals surface area contributed by atoms with Gasteiger partial charge in [-0.2, -0.15) is 8.78 Å². The first-order valence-corrected chi connectivity index (χ1v) is 4.54. The Morgan fingerprint density at radius 2 is 2.17 bits per heavy atom. The molecular formula is C10H7F2NO5. The molecule has 0 bridgehead atoms. The number of hydrogen-bond donors (Lipinski definition) is 1. The molecule has 0 saturated carbocycles. The van der Waals surface area contributed by atoms with Gasteiger partial charge in [0.2, 0.25) is 0 Å². The van der Waals surface area contributed by atoms with Gasteiger partial charge in [-0.25, -0.2) is 4.79 Å². The summed E-state index contributed by atoms with van der Waals surface area (Å²) in [6, 6.07) is 2.90. The predicted octanol–water partition coefficient (Wildman–Crippen LogP) is 2.29. The number of ether oxygens (including phenoxy) is 1. The predicted molar refractivity (Wildman–Crippen MR) is 56.4 cm³/mol. The Kier molecular flexibility index (Phi) is 4.30. The standard InChI is InChI=1S/C10H7F2NO5/c11-10(12)18-8-3-2-7(13(16)17)5-6(8)1-4-9(14)15/h1-5,10H,(H,14,15). The van der Waals surface area contributed by atoms with Crippen molar-refractivity contribution in [1.29, 1.82) is 0 Å². The molecule has 0 spiro atoms. The number of carboxylic acid groups (broad SMARTS) is 1. The summed E-state index contributed by atoms with van der Waals surface area (Å²) in [7, 11) is 0. The molecule has 0 radical (unpaired) electrons. The fraction of sp³-hybridized carbons (Fsp3) is 0.100. The number of alkyl halides is 2. The molecule has 1 aromatic rings. The molecule has 0 aromatic heterocycles. The monoisotopic (exact) mass is 259 g/mol. The average Bonchev–Trinajstić information content (AvgIpc) is 2.26. The minimum atomic E-state index is -3.11. The number of non-ortho nitro benzene ring substituents is 1. The molecule has 0 aliphatic carbocycles. The minimum absolute atomic E-state index is 0.119. The van der Waals surface area contributed by atoms with E-state index in [0.29, 0.717) is 6.08 Å². The molecule has 0 fully saturated rings. The lowest BCUT2D eigenvalue weighted by molar-refractivity contribution is -0.384. The van der Waals surface area contributed by atoms with E-state index in [-0.39, 0.29) is 17.0 Å². The van der Waals surface area contributed by atoms with Gasteiger partial charge in [-0.1, -0.05) is 0 Å². The molecule has 0 aliphatic rings. The molecule has 0 atom stereocenters. The molecule has 6 nitrogen and oxygen atoms in total. The number of benzene rings is 1. The molecule has 0 unspecified atom stereocenters. The van der Waals surface area contributed by atoms with Crippen molar-refractivity contribution in [1.82, 2.24) is 0 Å². The summed E-state index contributed by atoms with van der Waals surface area (Å²) >= 11 is 0. The summed E-state index contributed by atoms with van der Waals surface area (Å²) in [6.45, 7) is -3.11. The normalized spacial score (nSPS) is 10.8. The third kappa shape index (κ3) is 3.81. The minimum Gasteiger partial charge on any atom is -0.478 e. The van der Waals surface area contributed by atoms with Gasteiger partial charge in [0, 0.05) is 23.8 Å². The molecule has 0 aliphatic heterocycles. The van der Waals surface area contributed by atoms with E-state index in [1.54, 1.807) is 0 Å². The van der Waals surface area contributed by atoms with Gasteiger partial charge < -0.3 is 9.84 Å². The maximum atomic E-state index is 12.1. The van der Waals surface area contributed by atoms with Crippen molar-refractivity contribution >= 4 is 17.7 Å². The van der Waals surface area contributed by atoms with Crippen molar-refractivity contribution in [3.05, 3.63) is 40.0 Å². The van der Waals surface area contributed by atoms with Crippen molar-refractivity contribution < 1.29 is 28.3 Å². The van der Waals surface area contributed by atoms with E-state index in [1.807, 2.05) is 0 Å². The Balaban J connectivity index is 3.17. The van der Waals surface area contributed by atoms with E-state index in [2.05, 4.69) is 4.74 Å². The van der Waals surface area contributed by atoms with Crippen molar-refractivity contribution in [2.75, 3.05) is 0 Å². The van der Waals surface area contributed by atoms with Crippen molar-refractivity contribution in [2.45, 2.75) is 6.61 Å². The van der Waals surface area contributed by atoms with Gasteiger partial charge >= 0.3 is 12.6 Å². The third-order valence-corrected chi connectivity index (χ3v) is 1.83. The van der Waals surface area contributed by atoms with Gasteiger partial charge in [0.25, 0.3) is 5.69 Å². The fourth-order valence-corrected chi connectivity index (χ4v) is 1.14. The first-order valence-electron chi connectivity index (χ1n) is 4.54. The lowest BCUT2D eigenvalue weighted by atomic mass is 10.1. The van der Waals surface area contributed by atoms with Crippen LogP contribution in [0.1, 0.15) is 5.56 Å². The zero-order chi connectivity index (χ0) is 13.7. The Hall–Kier alpha value is -2.51. The lowest BCUT2D eigenvalue weighted by Crippen LogP contribution is -2.03. The number of nitro groups is 1. The second-order valence-corrected chi connectivity index (χ2v) is 3.03. The van der Waals surface area contributed by atoms with Gasteiger partial charge in [0.1, 0.15) is 5.75 Å². The van der Waals surface area contributed by atoms with E-state index in [9.17, 15) is 23.7 Å². The molecule has 8 heteroatoms. The highest BCUT2D eigenvalue weighted by molar-refractivity contribution is 5.86. The number of halogens is 2. The van der Waals surface area contributed by atoms with Gasteiger partial charge in [-0.3, -0.25) is 10.1 Å². The average molecular weight is 259 g/mol. The Bertz CT molecular complexity index is 501. The first kappa shape index (κ1) is 13.6. The largest absolute Gasteiger partial charge is 0.478 e. The summed E-state index contributed by atoms with van der Waals surface area (Å²) in [5.74, 6) is -1.65. The van der Waals surface area contributed by atoms with Crippen LogP contribution in [0.25, 0.3) is 6.08 Å². The van der Waals surface area contributed by atoms with Gasteiger partial charge in [0.05, 0.1) is 4.92 Å². The van der Waals surface area contributed by atoms with E-state index in [1.165, 1.54) is 0 Å². The summed E-state index contributed by atoms with van der Waals surface area (Å²) in [6.07, 6.45) is 1.60. The van der Waals surface area contributed by atoms with Gasteiger partial charge in [-0.05, 0) is 12.1 Å². The first-order chi connectivity index (χ1) is 8.40. The molecule has 0 heterocycles. The number of nitrogens with zero attached hydrogens (tertiary/aromatic N) is 1. The number of nitro benzene ring substituents is 1. The molecular weight excluding hydrogens is 252 g/mol. The zero-order valence-electron chi connectivity index (χ0n) is 8.75. The fourth-order valence-electron chi connectivity index (χ4n) is 1.14. The summed E-state index contributed by atoms with van der Waals surface area (Å²) in [4.78, 5) is 20.1. The molecule has 96 valence electrons. The smallest absolute Gasteiger partial charge is 0.387 e. The van der Waals surface area contributed by atoms with Crippen LogP contribution in [-0.4, -0.2) is 22.6 Å². The van der Waals surface area contributed by atoms with E-state index in [0.717, 1.165) is 24.3 Å². The van der Waals surface area contributed by atoms with E-state index >= 15 is 0 Å². The Morgan fingerprint density at radius 3 is 2.67 bits per heavy atom. The summed E-state index contributed by atoms with van der Waals surface area (Å²) < 4.78 is 28.2. The Morgan fingerprint density at radius 1 is 1.50 bits per heavy atom. The van der Waals surface area contributed by atoms with Gasteiger partial charge in [0.15, 0.2) is 0 Å². The topological polar surface area (TPSA) is 89.7 Å². The number of aliphatic carboxylic acids is 1. The van der Waals surface area contributed by atoms with E-state index < -0.39 is 17.5 Å². The summed E-state index contributed by atoms with van der Waals surface area (Å²) in [5.41, 5.74) is -0.478. The van der Waals surface area contributed by atoms with Crippen molar-refractivity contribution in [3.63, 3.8) is 0 Å². The van der Waals surface area contributed by atoms with Crippen LogP contribution >= 0.6 is 0 Å². The number of hydrogen-bond acceptors (Lipinski definition) is 4. The maximum Gasteiger partial charge on any atom is 0.387 e. The van der Waals surface area contributed by atoms with Crippen molar-refractivity contribution in [3.8, 4) is 5.75 Å². The molecule has 0 saturated heterocycles. The molecule has 18 heavy (non-hydrogen) atoms. The summed E-state index contributed by atoms with van der Waals surface area (Å²) in [5, 5.41) is 18.9. The second-order valence-electron chi connectivity index (χ2n) is 3.03. The van der Waals surface area contributed by atoms with Crippen LogP contribution in [0.5, 0.6) is 5.75 Å². The van der Waals surface area contributed by atoms with Crippen LogP contribution in [0.2, 0.25) is 0 Å². The molecule has 1 rings (SSSR count). The molecule has 1 aromatic carbocycles. The lowest BCUT2D eigenvalue weighted by Gasteiger charge is -2.07. The highest BCUT2D eigenvalue weighted by Crippen LogP contribution is 2.26. The van der Waals surface area contributed by atoms with Crippen LogP contribution in [0, 0.1) is 10.1 Å². The number of carbonyl (C=O) groups is 1. The van der Waals surface area contributed by atoms with Crippen LogP contribution in [0.15, 0.2) is 24.3 Å². The van der Waals surface area contributed by atoms with Crippen LogP contribution in [0.4, 0.5) is 14.5 Å². The third-order valence-electron chi connectivity index (χ3n) is 1.83. The molecule has 1 N–H and O–H groups in total. The zero-order valence-corrected chi connectivity index (χ0v) is 8.75. The highest BCUT2D eigenvalue weighted by atomic mass is 19.3. The maximum absolute atomic E-state index is 12.1.